The Morgan fingerprint density at radius 2 is 1.30 bits per heavy atom. The van der Waals surface area contributed by atoms with Crippen molar-refractivity contribution in [3.63, 3.8) is 0 Å². The Bertz CT molecular complexity index is 2210. The number of hydrogen-bond donors (Lipinski definition) is 4. The van der Waals surface area contributed by atoms with Gasteiger partial charge in [0.1, 0.15) is 24.1 Å². The van der Waals surface area contributed by atoms with Gasteiger partial charge in [-0.1, -0.05) is 60.7 Å². The maximum Gasteiger partial charge on any atom is 0.255 e. The summed E-state index contributed by atoms with van der Waals surface area (Å²) >= 11 is 6.27. The average molecular weight is 927 g/mol. The minimum atomic E-state index is -0.651. The summed E-state index contributed by atoms with van der Waals surface area (Å²) in [6.07, 6.45) is 1.43. The van der Waals surface area contributed by atoms with E-state index in [1.807, 2.05) is 60.7 Å². The molecular formula is C50H59ClN4O11. The number of halogens is 1. The molecule has 66 heavy (non-hydrogen) atoms. The molecule has 1 atom stereocenters. The van der Waals surface area contributed by atoms with Gasteiger partial charge in [0.15, 0.2) is 0 Å². The second-order valence-electron chi connectivity index (χ2n) is 15.4. The van der Waals surface area contributed by atoms with Crippen molar-refractivity contribution in [3.05, 3.63) is 125 Å². The molecule has 15 nitrogen and oxygen atoms in total. The van der Waals surface area contributed by atoms with Crippen molar-refractivity contribution in [2.45, 2.75) is 38.3 Å². The zero-order valence-electron chi connectivity index (χ0n) is 37.1. The standard InChI is InChI=1S/C50H59ClN4O11/c51-21-19-41(36-5-2-1-3-6-36)48(37-9-13-39(56)14-10-37)38-11-15-40(16-12-38)66-26-23-53-46(57)20-24-61-27-29-63-31-33-65-34-32-64-30-28-62-25-22-52-44-8-4-7-42-43(44)35-55(50(42)60)45-17-18-47(58)54-49(45)59/h1-16,45,52,56H,17-35H2,(H,53,57)(H,54,58,59). The fourth-order valence-corrected chi connectivity index (χ4v) is 7.80. The summed E-state index contributed by atoms with van der Waals surface area (Å²) in [5, 5.41) is 18.4. The molecule has 0 radical (unpaired) electrons. The molecule has 2 aliphatic heterocycles. The van der Waals surface area contributed by atoms with Crippen molar-refractivity contribution < 1.29 is 52.7 Å². The molecule has 0 bridgehead atoms. The zero-order valence-corrected chi connectivity index (χ0v) is 37.9. The number of allylic oxidation sites excluding steroid dienone is 1. The SMILES string of the molecule is O=C(CCOCCOCCOCCOCCOCCNc1cccc2c1CN(C1CCC(=O)NC1=O)C2=O)NCCOc1ccc(C(=C(CCCl)c2ccccc2)c2ccc(O)cc2)cc1. The molecule has 4 N–H and O–H groups in total. The molecule has 0 saturated carbocycles. The van der Waals surface area contributed by atoms with Crippen LogP contribution in [-0.4, -0.2) is 131 Å². The Labute approximate surface area is 390 Å². The first-order chi connectivity index (χ1) is 32.3. The smallest absolute Gasteiger partial charge is 0.255 e. The number of fused-ring (bicyclic) bond motifs is 1. The molecule has 4 aromatic rings. The van der Waals surface area contributed by atoms with Gasteiger partial charge in [-0.2, -0.15) is 0 Å². The number of hydrogen-bond acceptors (Lipinski definition) is 12. The highest BCUT2D eigenvalue weighted by Crippen LogP contribution is 2.36. The van der Waals surface area contributed by atoms with Gasteiger partial charge in [-0.15, -0.1) is 11.6 Å². The third-order valence-corrected chi connectivity index (χ3v) is 11.1. The molecule has 6 rings (SSSR count). The van der Waals surface area contributed by atoms with Crippen LogP contribution in [0.1, 0.15) is 58.3 Å². The Morgan fingerprint density at radius 1 is 0.682 bits per heavy atom. The van der Waals surface area contributed by atoms with E-state index in [0.717, 1.165) is 39.1 Å². The molecule has 1 unspecified atom stereocenters. The highest BCUT2D eigenvalue weighted by molar-refractivity contribution is 6.18. The molecule has 16 heteroatoms. The van der Waals surface area contributed by atoms with Crippen LogP contribution in [0.3, 0.4) is 0 Å². The van der Waals surface area contributed by atoms with Gasteiger partial charge in [0, 0.05) is 48.6 Å². The molecular weight excluding hydrogens is 868 g/mol. The Morgan fingerprint density at radius 3 is 1.94 bits per heavy atom. The maximum absolute atomic E-state index is 13.0. The minimum absolute atomic E-state index is 0.126. The molecule has 1 saturated heterocycles. The van der Waals surface area contributed by atoms with Crippen LogP contribution in [0.4, 0.5) is 5.69 Å². The largest absolute Gasteiger partial charge is 0.508 e. The molecule has 352 valence electrons. The molecule has 0 spiro atoms. The molecule has 2 aliphatic rings. The van der Waals surface area contributed by atoms with Crippen LogP contribution in [0, 0.1) is 0 Å². The monoisotopic (exact) mass is 926 g/mol. The highest BCUT2D eigenvalue weighted by Gasteiger charge is 2.39. The lowest BCUT2D eigenvalue weighted by Crippen LogP contribution is -2.52. The van der Waals surface area contributed by atoms with Crippen LogP contribution >= 0.6 is 11.6 Å². The summed E-state index contributed by atoms with van der Waals surface area (Å²) in [5.74, 6) is 0.271. The van der Waals surface area contributed by atoms with Gasteiger partial charge in [0.2, 0.25) is 17.7 Å². The van der Waals surface area contributed by atoms with Gasteiger partial charge < -0.3 is 49.1 Å². The number of amides is 4. The molecule has 0 aliphatic carbocycles. The Kier molecular flexibility index (Phi) is 20.3. The van der Waals surface area contributed by atoms with Crippen molar-refractivity contribution >= 4 is 52.1 Å². The fourth-order valence-electron chi connectivity index (χ4n) is 7.61. The first kappa shape index (κ1) is 49.6. The van der Waals surface area contributed by atoms with E-state index >= 15 is 0 Å². The summed E-state index contributed by atoms with van der Waals surface area (Å²) in [6.45, 7) is 5.49. The first-order valence-electron chi connectivity index (χ1n) is 22.4. The predicted octanol–water partition coefficient (Wildman–Crippen LogP) is 5.82. The van der Waals surface area contributed by atoms with Crippen molar-refractivity contribution in [1.82, 2.24) is 15.5 Å². The van der Waals surface area contributed by atoms with E-state index in [1.54, 1.807) is 24.3 Å². The maximum atomic E-state index is 13.0. The quantitative estimate of drug-likeness (QED) is 0.0222. The lowest BCUT2D eigenvalue weighted by molar-refractivity contribution is -0.137. The number of alkyl halides is 1. The minimum Gasteiger partial charge on any atom is -0.508 e. The van der Waals surface area contributed by atoms with E-state index in [4.69, 9.17) is 40.0 Å². The number of nitrogens with zero attached hydrogens (tertiary/aromatic N) is 1. The molecule has 4 aromatic carbocycles. The van der Waals surface area contributed by atoms with Crippen LogP contribution in [0.2, 0.25) is 0 Å². The number of piperidine rings is 1. The molecule has 4 amide bonds. The van der Waals surface area contributed by atoms with Crippen LogP contribution in [0.15, 0.2) is 97.1 Å². The summed E-state index contributed by atoms with van der Waals surface area (Å²) < 4.78 is 33.8. The van der Waals surface area contributed by atoms with Gasteiger partial charge in [0.05, 0.1) is 72.6 Å². The van der Waals surface area contributed by atoms with Gasteiger partial charge in [-0.3, -0.25) is 24.5 Å². The number of benzene rings is 4. The number of carbonyl (C=O) groups excluding carboxylic acids is 4. The number of anilines is 1. The summed E-state index contributed by atoms with van der Waals surface area (Å²) in [4.78, 5) is 50.7. The number of phenols is 1. The lowest BCUT2D eigenvalue weighted by atomic mass is 9.88. The Hall–Kier alpha value is -5.81. The third kappa shape index (κ3) is 15.1. The van der Waals surface area contributed by atoms with Crippen LogP contribution in [0.5, 0.6) is 11.5 Å². The van der Waals surface area contributed by atoms with Crippen molar-refractivity contribution in [2.75, 3.05) is 97.0 Å². The van der Waals surface area contributed by atoms with Crippen molar-refractivity contribution in [1.29, 1.82) is 0 Å². The van der Waals surface area contributed by atoms with E-state index < -0.39 is 11.9 Å². The number of imide groups is 1. The van der Waals surface area contributed by atoms with E-state index in [9.17, 15) is 24.3 Å². The normalized spacial score (nSPS) is 15.0. The third-order valence-electron chi connectivity index (χ3n) is 10.9. The average Bonchev–Trinajstić information content (AvgIpc) is 3.67. The van der Waals surface area contributed by atoms with Crippen molar-refractivity contribution in [3.8, 4) is 11.5 Å². The van der Waals surface area contributed by atoms with E-state index in [0.29, 0.717) is 116 Å². The van der Waals surface area contributed by atoms with Gasteiger partial charge in [-0.25, -0.2) is 0 Å². The highest BCUT2D eigenvalue weighted by atomic mass is 35.5. The number of ether oxygens (including phenoxy) is 6. The second kappa shape index (κ2) is 27.0. The molecule has 1 fully saturated rings. The van der Waals surface area contributed by atoms with Gasteiger partial charge in [0.25, 0.3) is 5.91 Å². The molecule has 0 aromatic heterocycles. The predicted molar refractivity (Wildman–Crippen MR) is 250 cm³/mol. The first-order valence-corrected chi connectivity index (χ1v) is 22.9. The van der Waals surface area contributed by atoms with Crippen LogP contribution < -0.4 is 20.7 Å². The number of carbonyl (C=O) groups is 4. The summed E-state index contributed by atoms with van der Waals surface area (Å²) in [5.41, 5.74) is 7.39. The lowest BCUT2D eigenvalue weighted by Gasteiger charge is -2.29. The number of phenolic OH excluding ortho intramolecular Hbond substituents is 1. The van der Waals surface area contributed by atoms with Gasteiger partial charge in [-0.05, 0) is 77.1 Å². The molecule has 2 heterocycles. The van der Waals surface area contributed by atoms with E-state index in [2.05, 4.69) is 28.1 Å². The fraction of sp³-hybridized carbons (Fsp3) is 0.400. The Balaban J connectivity index is 0.735. The van der Waals surface area contributed by atoms with Crippen LogP contribution in [-0.2, 0) is 44.6 Å². The summed E-state index contributed by atoms with van der Waals surface area (Å²) in [6, 6.07) is 30.0. The van der Waals surface area contributed by atoms with Gasteiger partial charge >= 0.3 is 0 Å². The second-order valence-corrected chi connectivity index (χ2v) is 15.8. The zero-order chi connectivity index (χ0) is 46.4. The van der Waals surface area contributed by atoms with E-state index in [-0.39, 0.29) is 42.9 Å². The van der Waals surface area contributed by atoms with Crippen molar-refractivity contribution in [2.24, 2.45) is 0 Å². The van der Waals surface area contributed by atoms with E-state index in [1.165, 1.54) is 4.90 Å². The summed E-state index contributed by atoms with van der Waals surface area (Å²) in [7, 11) is 0. The number of nitrogens with one attached hydrogen (secondary N) is 3. The van der Waals surface area contributed by atoms with Crippen LogP contribution in [0.25, 0.3) is 11.1 Å². The topological polar surface area (TPSA) is 183 Å². The number of rotatable bonds is 29. The number of aromatic hydroxyl groups is 1.